The summed E-state index contributed by atoms with van der Waals surface area (Å²) in [5.74, 6) is 0.217. The Hall–Kier alpha value is -2.48. The Morgan fingerprint density at radius 1 is 1.40 bits per heavy atom. The van der Waals surface area contributed by atoms with Gasteiger partial charge in [-0.05, 0) is 26.2 Å². The quantitative estimate of drug-likeness (QED) is 0.366. The minimum atomic E-state index is -0.725. The van der Waals surface area contributed by atoms with Crippen molar-refractivity contribution >= 4 is 18.0 Å². The number of rotatable bonds is 3. The van der Waals surface area contributed by atoms with E-state index in [1.165, 1.54) is 6.34 Å². The Bertz CT molecular complexity index is 474. The summed E-state index contributed by atoms with van der Waals surface area (Å²) in [5, 5.41) is 18.4. The second kappa shape index (κ2) is 8.59. The highest BCUT2D eigenvalue weighted by atomic mass is 16.7. The van der Waals surface area contributed by atoms with Gasteiger partial charge >= 0.3 is 0 Å². The summed E-state index contributed by atoms with van der Waals surface area (Å²) < 4.78 is 0. The lowest BCUT2D eigenvalue weighted by molar-refractivity contribution is -0.485. The van der Waals surface area contributed by atoms with E-state index in [1.54, 1.807) is 4.90 Å². The van der Waals surface area contributed by atoms with Crippen LogP contribution in [0.4, 0.5) is 5.69 Å². The fraction of sp³-hybridized carbons (Fsp3) is 0.333. The van der Waals surface area contributed by atoms with Crippen molar-refractivity contribution in [1.29, 1.82) is 0 Å². The van der Waals surface area contributed by atoms with Crippen molar-refractivity contribution in [3.63, 3.8) is 0 Å². The first kappa shape index (κ1) is 15.6. The number of hydrogen-bond acceptors (Lipinski definition) is 4. The molecule has 1 fully saturated rings. The molecule has 20 heavy (non-hydrogen) atoms. The number of aliphatic imine (C=N–C) groups is 1. The van der Waals surface area contributed by atoms with Gasteiger partial charge in [-0.1, -0.05) is 18.2 Å². The van der Waals surface area contributed by atoms with E-state index in [2.05, 4.69) is 20.7 Å². The highest BCUT2D eigenvalue weighted by Gasteiger charge is 2.19. The van der Waals surface area contributed by atoms with Gasteiger partial charge in [0.15, 0.2) is 5.03 Å². The molecule has 0 unspecified atom stereocenters. The first-order valence-electron chi connectivity index (χ1n) is 6.08. The fourth-order valence-corrected chi connectivity index (χ4v) is 1.43. The van der Waals surface area contributed by atoms with Gasteiger partial charge in [-0.3, -0.25) is 4.90 Å². The van der Waals surface area contributed by atoms with E-state index in [9.17, 15) is 10.1 Å². The second-order valence-corrected chi connectivity index (χ2v) is 3.86. The first-order valence-corrected chi connectivity index (χ1v) is 6.08. The van der Waals surface area contributed by atoms with E-state index in [0.29, 0.717) is 13.1 Å². The second-order valence-electron chi connectivity index (χ2n) is 3.86. The van der Waals surface area contributed by atoms with Crippen LogP contribution in [0.25, 0.3) is 0 Å². The number of nitrogens with one attached hydrogen (secondary N) is 2. The van der Waals surface area contributed by atoms with E-state index in [0.717, 1.165) is 5.69 Å². The van der Waals surface area contributed by atoms with Gasteiger partial charge in [0.2, 0.25) is 0 Å². The third-order valence-corrected chi connectivity index (χ3v) is 2.19. The third-order valence-electron chi connectivity index (χ3n) is 2.19. The smallest absolute Gasteiger partial charge is 0.276 e. The molecule has 1 aliphatic rings. The van der Waals surface area contributed by atoms with Crippen molar-refractivity contribution in [2.24, 2.45) is 10.1 Å². The number of hydrazone groups is 1. The molecule has 2 rings (SSSR count). The molecule has 0 amide bonds. The van der Waals surface area contributed by atoms with E-state index in [-0.39, 0.29) is 5.96 Å². The van der Waals surface area contributed by atoms with E-state index in [1.807, 2.05) is 44.4 Å². The van der Waals surface area contributed by atoms with Crippen LogP contribution in [0.3, 0.4) is 0 Å². The lowest BCUT2D eigenvalue weighted by atomic mass is 10.3. The molecule has 1 aromatic rings. The molecule has 2 N–H and O–H groups in total. The molecule has 1 saturated heterocycles. The Labute approximate surface area is 117 Å². The molecular formula is C12H18N6O2. The van der Waals surface area contributed by atoms with Gasteiger partial charge in [-0.25, -0.2) is 15.1 Å². The van der Waals surface area contributed by atoms with Crippen LogP contribution in [0.5, 0.6) is 0 Å². The maximum atomic E-state index is 10.3. The highest BCUT2D eigenvalue weighted by molar-refractivity contribution is 5.92. The van der Waals surface area contributed by atoms with E-state index in [4.69, 9.17) is 0 Å². The predicted octanol–water partition coefficient (Wildman–Crippen LogP) is 0.635. The predicted molar refractivity (Wildman–Crippen MR) is 78.7 cm³/mol. The molecule has 108 valence electrons. The van der Waals surface area contributed by atoms with Crippen molar-refractivity contribution in [2.75, 3.05) is 27.2 Å². The van der Waals surface area contributed by atoms with Gasteiger partial charge in [0.05, 0.1) is 12.0 Å². The standard InChI is InChI=1S/C10H11N5O2.C2H7N/c16-15(17)13-10-11-6-7-14(10)8-12-9-4-2-1-3-5-9;1-3-2/h1-5,8H,6-7H2,(H,11,13);3H,1-2H3. The number of nitro groups is 1. The first-order chi connectivity index (χ1) is 9.67. The Morgan fingerprint density at radius 2 is 2.05 bits per heavy atom. The molecule has 0 radical (unpaired) electrons. The van der Waals surface area contributed by atoms with Crippen LogP contribution in [0.15, 0.2) is 40.4 Å². The van der Waals surface area contributed by atoms with Crippen molar-refractivity contribution in [2.45, 2.75) is 0 Å². The van der Waals surface area contributed by atoms with Crippen molar-refractivity contribution < 1.29 is 5.03 Å². The monoisotopic (exact) mass is 278 g/mol. The zero-order valence-corrected chi connectivity index (χ0v) is 11.5. The summed E-state index contributed by atoms with van der Waals surface area (Å²) in [7, 11) is 3.75. The number of guanidine groups is 1. The molecule has 1 aromatic carbocycles. The Morgan fingerprint density at radius 3 is 2.65 bits per heavy atom. The minimum absolute atomic E-state index is 0.217. The largest absolute Gasteiger partial charge is 0.349 e. The van der Waals surface area contributed by atoms with Gasteiger partial charge in [-0.15, -0.1) is 0 Å². The zero-order chi connectivity index (χ0) is 14.8. The molecule has 0 bridgehead atoms. The van der Waals surface area contributed by atoms with Gasteiger partial charge < -0.3 is 10.6 Å². The van der Waals surface area contributed by atoms with Gasteiger partial charge in [0, 0.05) is 13.1 Å². The Balaban J connectivity index is 0.000000612. The van der Waals surface area contributed by atoms with Crippen LogP contribution < -0.4 is 10.6 Å². The maximum Gasteiger partial charge on any atom is 0.276 e. The Kier molecular flexibility index (Phi) is 6.69. The van der Waals surface area contributed by atoms with Crippen LogP contribution in [0.2, 0.25) is 0 Å². The molecule has 0 atom stereocenters. The SMILES string of the molecule is CNC.O=[N+]([O-])N=C1NCCN1C=Nc1ccccc1. The molecule has 1 aliphatic heterocycles. The van der Waals surface area contributed by atoms with Crippen molar-refractivity contribution in [1.82, 2.24) is 15.5 Å². The number of hydrogen-bond donors (Lipinski definition) is 2. The lowest BCUT2D eigenvalue weighted by Crippen LogP contribution is -2.29. The fourth-order valence-electron chi connectivity index (χ4n) is 1.43. The van der Waals surface area contributed by atoms with Gasteiger partial charge in [-0.2, -0.15) is 0 Å². The van der Waals surface area contributed by atoms with Gasteiger partial charge in [0.25, 0.3) is 5.96 Å². The topological polar surface area (TPSA) is 95.2 Å². The normalized spacial score (nSPS) is 15.9. The molecule has 0 saturated carbocycles. The molecule has 8 nitrogen and oxygen atoms in total. The summed E-state index contributed by atoms with van der Waals surface area (Å²) in [6.45, 7) is 1.23. The maximum absolute atomic E-state index is 10.3. The molecular weight excluding hydrogens is 260 g/mol. The highest BCUT2D eigenvalue weighted by Crippen LogP contribution is 2.09. The average Bonchev–Trinajstić information content (AvgIpc) is 2.85. The lowest BCUT2D eigenvalue weighted by Gasteiger charge is -2.07. The van der Waals surface area contributed by atoms with Crippen LogP contribution in [0.1, 0.15) is 0 Å². The molecule has 8 heteroatoms. The van der Waals surface area contributed by atoms with Crippen molar-refractivity contribution in [3.8, 4) is 0 Å². The zero-order valence-electron chi connectivity index (χ0n) is 11.5. The number of nitrogens with zero attached hydrogens (tertiary/aromatic N) is 4. The molecule has 0 aromatic heterocycles. The summed E-state index contributed by atoms with van der Waals surface area (Å²) >= 11 is 0. The van der Waals surface area contributed by atoms with E-state index >= 15 is 0 Å². The molecule has 0 spiro atoms. The average molecular weight is 278 g/mol. The summed E-state index contributed by atoms with van der Waals surface area (Å²) in [5.41, 5.74) is 0.792. The number of benzene rings is 1. The van der Waals surface area contributed by atoms with E-state index < -0.39 is 5.03 Å². The van der Waals surface area contributed by atoms with Crippen LogP contribution >= 0.6 is 0 Å². The van der Waals surface area contributed by atoms with Crippen LogP contribution in [0, 0.1) is 10.1 Å². The summed E-state index contributed by atoms with van der Waals surface area (Å²) in [6, 6.07) is 9.35. The minimum Gasteiger partial charge on any atom is -0.349 e. The van der Waals surface area contributed by atoms with Gasteiger partial charge in [0.1, 0.15) is 5.10 Å². The number of para-hydroxylation sites is 1. The third kappa shape index (κ3) is 5.44. The molecule has 0 aliphatic carbocycles. The molecule has 1 heterocycles. The van der Waals surface area contributed by atoms with Crippen LogP contribution in [-0.4, -0.2) is 49.4 Å². The van der Waals surface area contributed by atoms with Crippen molar-refractivity contribution in [3.05, 3.63) is 40.4 Å². The summed E-state index contributed by atoms with van der Waals surface area (Å²) in [6.07, 6.45) is 1.54. The van der Waals surface area contributed by atoms with Crippen LogP contribution in [-0.2, 0) is 0 Å². The summed E-state index contributed by atoms with van der Waals surface area (Å²) in [4.78, 5) is 16.1.